The molecule has 0 atom stereocenters. The molecule has 3 aromatic rings. The molecule has 1 amide bonds. The maximum Gasteiger partial charge on any atom is 0.234 e. The molecule has 0 unspecified atom stereocenters. The van der Waals surface area contributed by atoms with Crippen LogP contribution in [-0.4, -0.2) is 43.0 Å². The normalized spacial score (nSPS) is 11.0. The van der Waals surface area contributed by atoms with Gasteiger partial charge in [0.1, 0.15) is 0 Å². The fourth-order valence-corrected chi connectivity index (χ4v) is 4.62. The van der Waals surface area contributed by atoms with Crippen LogP contribution in [0.1, 0.15) is 22.4 Å². The smallest absolute Gasteiger partial charge is 0.234 e. The van der Waals surface area contributed by atoms with Gasteiger partial charge in [-0.3, -0.25) is 9.69 Å². The fourth-order valence-electron chi connectivity index (χ4n) is 2.86. The third-order valence-electron chi connectivity index (χ3n) is 4.50. The molecule has 0 aliphatic rings. The van der Waals surface area contributed by atoms with Crippen LogP contribution in [0, 0.1) is 13.8 Å². The summed E-state index contributed by atoms with van der Waals surface area (Å²) in [5.41, 5.74) is 3.45. The molecule has 2 aromatic heterocycles. The SMILES string of the molecule is Cc1ccc2sc(N(CCCN(C)C)C(=O)Cc3cccs3)nc2c1C.Cl. The highest BCUT2D eigenvalue weighted by Gasteiger charge is 2.21. The van der Waals surface area contributed by atoms with Crippen molar-refractivity contribution in [2.75, 3.05) is 32.1 Å². The minimum atomic E-state index is 0. The zero-order valence-corrected chi connectivity index (χ0v) is 18.6. The summed E-state index contributed by atoms with van der Waals surface area (Å²) in [6, 6.07) is 8.25. The average Bonchev–Trinajstić information content (AvgIpc) is 3.24. The maximum atomic E-state index is 13.0. The Bertz CT molecular complexity index is 890. The molecule has 0 fully saturated rings. The van der Waals surface area contributed by atoms with Crippen molar-refractivity contribution in [3.63, 3.8) is 0 Å². The predicted octanol–water partition coefficient (Wildman–Crippen LogP) is 4.92. The molecule has 0 N–H and O–H groups in total. The molecule has 7 heteroatoms. The predicted molar refractivity (Wildman–Crippen MR) is 120 cm³/mol. The van der Waals surface area contributed by atoms with Gasteiger partial charge in [-0.15, -0.1) is 23.7 Å². The molecular formula is C20H26ClN3OS2. The van der Waals surface area contributed by atoms with E-state index in [2.05, 4.69) is 45.0 Å². The molecule has 1 aromatic carbocycles. The third-order valence-corrected chi connectivity index (χ3v) is 6.42. The highest BCUT2D eigenvalue weighted by atomic mass is 35.5. The molecule has 0 radical (unpaired) electrons. The number of carbonyl (C=O) groups is 1. The van der Waals surface area contributed by atoms with E-state index in [1.165, 1.54) is 11.1 Å². The van der Waals surface area contributed by atoms with Crippen molar-refractivity contribution in [2.45, 2.75) is 26.7 Å². The molecule has 0 aliphatic heterocycles. The third kappa shape index (κ3) is 5.29. The van der Waals surface area contributed by atoms with E-state index in [0.29, 0.717) is 13.0 Å². The number of anilines is 1. The number of thiophene rings is 1. The number of fused-ring (bicyclic) bond motifs is 1. The molecule has 3 rings (SSSR count). The number of aryl methyl sites for hydroxylation is 2. The maximum absolute atomic E-state index is 13.0. The first-order valence-corrected chi connectivity index (χ1v) is 10.5. The van der Waals surface area contributed by atoms with Gasteiger partial charge >= 0.3 is 0 Å². The second-order valence-electron chi connectivity index (χ2n) is 6.81. The molecule has 0 bridgehead atoms. The molecule has 4 nitrogen and oxygen atoms in total. The minimum absolute atomic E-state index is 0. The van der Waals surface area contributed by atoms with Crippen LogP contribution in [0.2, 0.25) is 0 Å². The van der Waals surface area contributed by atoms with Crippen LogP contribution in [0.5, 0.6) is 0 Å². The number of aromatic nitrogens is 1. The topological polar surface area (TPSA) is 36.4 Å². The molecular weight excluding hydrogens is 398 g/mol. The van der Waals surface area contributed by atoms with Gasteiger partial charge in [0.25, 0.3) is 0 Å². The van der Waals surface area contributed by atoms with E-state index in [4.69, 9.17) is 4.98 Å². The van der Waals surface area contributed by atoms with E-state index < -0.39 is 0 Å². The van der Waals surface area contributed by atoms with Gasteiger partial charge in [-0.2, -0.15) is 0 Å². The quantitative estimate of drug-likeness (QED) is 0.540. The number of amides is 1. The van der Waals surface area contributed by atoms with Gasteiger partial charge in [-0.05, 0) is 69.5 Å². The lowest BCUT2D eigenvalue weighted by Crippen LogP contribution is -2.34. The number of hydrogen-bond donors (Lipinski definition) is 0. The first-order chi connectivity index (χ1) is 12.5. The van der Waals surface area contributed by atoms with Crippen LogP contribution in [0.3, 0.4) is 0 Å². The summed E-state index contributed by atoms with van der Waals surface area (Å²) in [6.07, 6.45) is 1.37. The molecule has 0 saturated heterocycles. The summed E-state index contributed by atoms with van der Waals surface area (Å²) >= 11 is 3.24. The van der Waals surface area contributed by atoms with Crippen molar-refractivity contribution in [3.05, 3.63) is 45.6 Å². The Morgan fingerprint density at radius 2 is 1.93 bits per heavy atom. The van der Waals surface area contributed by atoms with E-state index in [-0.39, 0.29) is 18.3 Å². The van der Waals surface area contributed by atoms with Gasteiger partial charge in [-0.1, -0.05) is 23.5 Å². The number of carbonyl (C=O) groups excluding carboxylic acids is 1. The zero-order chi connectivity index (χ0) is 18.7. The van der Waals surface area contributed by atoms with Gasteiger partial charge in [-0.25, -0.2) is 4.98 Å². The standard InChI is InChI=1S/C20H25N3OS2.ClH/c1-14-8-9-17-19(15(14)2)21-20(26-17)23(11-6-10-22(3)4)18(24)13-16-7-5-12-25-16;/h5,7-9,12H,6,10-11,13H2,1-4H3;1H. The Kier molecular flexibility index (Phi) is 7.79. The Morgan fingerprint density at radius 3 is 2.59 bits per heavy atom. The summed E-state index contributed by atoms with van der Waals surface area (Å²) in [5.74, 6) is 0.125. The molecule has 0 saturated carbocycles. The lowest BCUT2D eigenvalue weighted by Gasteiger charge is -2.20. The van der Waals surface area contributed by atoms with Gasteiger partial charge < -0.3 is 4.90 Å². The van der Waals surface area contributed by atoms with Gasteiger partial charge in [0.15, 0.2) is 5.13 Å². The van der Waals surface area contributed by atoms with Crippen LogP contribution in [0.25, 0.3) is 10.2 Å². The first kappa shape index (κ1) is 21.8. The summed E-state index contributed by atoms with van der Waals surface area (Å²) in [6.45, 7) is 5.85. The van der Waals surface area contributed by atoms with E-state index >= 15 is 0 Å². The lowest BCUT2D eigenvalue weighted by molar-refractivity contribution is -0.118. The van der Waals surface area contributed by atoms with E-state index in [0.717, 1.165) is 33.2 Å². The second kappa shape index (κ2) is 9.64. The Labute approximate surface area is 175 Å². The molecule has 0 aliphatic carbocycles. The van der Waals surface area contributed by atoms with Crippen LogP contribution in [0.15, 0.2) is 29.6 Å². The van der Waals surface area contributed by atoms with Gasteiger partial charge in [0, 0.05) is 11.4 Å². The monoisotopic (exact) mass is 423 g/mol. The summed E-state index contributed by atoms with van der Waals surface area (Å²) in [4.78, 5) is 23.0. The Morgan fingerprint density at radius 1 is 1.15 bits per heavy atom. The summed E-state index contributed by atoms with van der Waals surface area (Å²) in [5, 5.41) is 2.83. The zero-order valence-electron chi connectivity index (χ0n) is 16.2. The van der Waals surface area contributed by atoms with E-state index in [9.17, 15) is 4.79 Å². The van der Waals surface area contributed by atoms with Crippen LogP contribution < -0.4 is 4.90 Å². The van der Waals surface area contributed by atoms with Crippen molar-refractivity contribution in [3.8, 4) is 0 Å². The molecule has 146 valence electrons. The van der Waals surface area contributed by atoms with Crippen molar-refractivity contribution >= 4 is 56.3 Å². The average molecular weight is 424 g/mol. The number of rotatable bonds is 7. The summed E-state index contributed by atoms with van der Waals surface area (Å²) < 4.78 is 1.14. The van der Waals surface area contributed by atoms with Crippen molar-refractivity contribution in [2.24, 2.45) is 0 Å². The van der Waals surface area contributed by atoms with Crippen LogP contribution >= 0.6 is 35.1 Å². The van der Waals surface area contributed by atoms with Crippen molar-refractivity contribution in [1.82, 2.24) is 9.88 Å². The second-order valence-corrected chi connectivity index (χ2v) is 8.85. The number of halogens is 1. The van der Waals surface area contributed by atoms with Crippen LogP contribution in [0.4, 0.5) is 5.13 Å². The number of nitrogens with zero attached hydrogens (tertiary/aromatic N) is 3. The van der Waals surface area contributed by atoms with Gasteiger partial charge in [0.2, 0.25) is 5.91 Å². The largest absolute Gasteiger partial charge is 0.309 e. The molecule has 27 heavy (non-hydrogen) atoms. The van der Waals surface area contributed by atoms with E-state index in [1.807, 2.05) is 22.4 Å². The number of benzene rings is 1. The molecule has 0 spiro atoms. The van der Waals surface area contributed by atoms with Gasteiger partial charge in [0.05, 0.1) is 16.6 Å². The lowest BCUT2D eigenvalue weighted by atomic mass is 10.1. The molecule has 2 heterocycles. The highest BCUT2D eigenvalue weighted by molar-refractivity contribution is 7.22. The van der Waals surface area contributed by atoms with Crippen LogP contribution in [-0.2, 0) is 11.2 Å². The highest BCUT2D eigenvalue weighted by Crippen LogP contribution is 2.32. The first-order valence-electron chi connectivity index (χ1n) is 8.80. The van der Waals surface area contributed by atoms with Crippen molar-refractivity contribution in [1.29, 1.82) is 0 Å². The van der Waals surface area contributed by atoms with E-state index in [1.54, 1.807) is 22.7 Å². The number of hydrogen-bond acceptors (Lipinski definition) is 5. The van der Waals surface area contributed by atoms with Crippen molar-refractivity contribution < 1.29 is 4.79 Å². The summed E-state index contributed by atoms with van der Waals surface area (Å²) in [7, 11) is 4.11. The minimum Gasteiger partial charge on any atom is -0.309 e. The Balaban J connectivity index is 0.00000261. The number of thiazole rings is 1. The Hall–Kier alpha value is -1.47. The fraction of sp³-hybridized carbons (Fsp3) is 0.400.